The highest BCUT2D eigenvalue weighted by Crippen LogP contribution is 2.36. The number of piperidine rings is 1. The first-order chi connectivity index (χ1) is 16.0. The monoisotopic (exact) mass is 447 g/mol. The lowest BCUT2D eigenvalue weighted by atomic mass is 9.75. The summed E-state index contributed by atoms with van der Waals surface area (Å²) in [6.07, 6.45) is 1.79. The Morgan fingerprint density at radius 3 is 2.48 bits per heavy atom. The second-order valence-electron chi connectivity index (χ2n) is 8.72. The molecule has 1 aliphatic heterocycles. The molecule has 7 nitrogen and oxygen atoms in total. The molecule has 33 heavy (non-hydrogen) atoms. The maximum absolute atomic E-state index is 13.3. The van der Waals surface area contributed by atoms with Gasteiger partial charge < -0.3 is 19.1 Å². The van der Waals surface area contributed by atoms with Gasteiger partial charge in [0.2, 0.25) is 5.91 Å². The highest BCUT2D eigenvalue weighted by Gasteiger charge is 2.45. The number of ether oxygens (including phenoxy) is 1. The summed E-state index contributed by atoms with van der Waals surface area (Å²) in [7, 11) is 3.50. The summed E-state index contributed by atoms with van der Waals surface area (Å²) in [4.78, 5) is 29.6. The molecule has 0 spiro atoms. The summed E-state index contributed by atoms with van der Waals surface area (Å²) in [6, 6.07) is 20.9. The third-order valence-corrected chi connectivity index (χ3v) is 6.04. The van der Waals surface area contributed by atoms with Gasteiger partial charge in [0.05, 0.1) is 5.41 Å². The van der Waals surface area contributed by atoms with Crippen molar-refractivity contribution in [2.24, 2.45) is 5.41 Å². The molecular weight excluding hydrogens is 418 g/mol. The quantitative estimate of drug-likeness (QED) is 0.553. The van der Waals surface area contributed by atoms with Crippen molar-refractivity contribution in [3.05, 3.63) is 72.5 Å². The molecule has 4 rings (SSSR count). The Morgan fingerprint density at radius 2 is 1.79 bits per heavy atom. The number of para-hydroxylation sites is 1. The Balaban J connectivity index is 1.51. The summed E-state index contributed by atoms with van der Waals surface area (Å²) >= 11 is 0. The Hall–Kier alpha value is -3.61. The number of hydrogen-bond acceptors (Lipinski definition) is 5. The van der Waals surface area contributed by atoms with Gasteiger partial charge in [-0.2, -0.15) is 0 Å². The zero-order chi connectivity index (χ0) is 23.3. The predicted molar refractivity (Wildman–Crippen MR) is 125 cm³/mol. The molecule has 1 fully saturated rings. The third kappa shape index (κ3) is 5.25. The van der Waals surface area contributed by atoms with Crippen molar-refractivity contribution in [1.29, 1.82) is 0 Å². The molecule has 0 bridgehead atoms. The molecule has 2 amide bonds. The molecule has 1 atom stereocenters. The number of hydrogen-bond donors (Lipinski definition) is 0. The van der Waals surface area contributed by atoms with E-state index in [4.69, 9.17) is 9.26 Å². The van der Waals surface area contributed by atoms with Crippen LogP contribution in [0.5, 0.6) is 5.75 Å². The van der Waals surface area contributed by atoms with Crippen LogP contribution in [0, 0.1) is 5.41 Å². The Bertz CT molecular complexity index is 1080. The lowest BCUT2D eigenvalue weighted by molar-refractivity contribution is -0.148. The normalized spacial score (nSPS) is 18.1. The van der Waals surface area contributed by atoms with E-state index in [1.165, 1.54) is 0 Å². The van der Waals surface area contributed by atoms with E-state index in [0.717, 1.165) is 17.7 Å². The minimum Gasteiger partial charge on any atom is -0.484 e. The van der Waals surface area contributed by atoms with Crippen LogP contribution < -0.4 is 4.74 Å². The van der Waals surface area contributed by atoms with Gasteiger partial charge >= 0.3 is 0 Å². The van der Waals surface area contributed by atoms with Crippen LogP contribution in [0.2, 0.25) is 0 Å². The highest BCUT2D eigenvalue weighted by molar-refractivity contribution is 5.85. The van der Waals surface area contributed by atoms with Crippen LogP contribution in [0.15, 0.2) is 71.3 Å². The minimum atomic E-state index is -0.766. The van der Waals surface area contributed by atoms with Gasteiger partial charge in [-0.15, -0.1) is 0 Å². The average Bonchev–Trinajstić information content (AvgIpc) is 3.31. The maximum Gasteiger partial charge on any atom is 0.260 e. The summed E-state index contributed by atoms with van der Waals surface area (Å²) in [5.41, 5.74) is 0.925. The number of amides is 2. The van der Waals surface area contributed by atoms with E-state index < -0.39 is 5.41 Å². The second-order valence-corrected chi connectivity index (χ2v) is 8.72. The molecular formula is C26H29N3O4. The average molecular weight is 448 g/mol. The van der Waals surface area contributed by atoms with Gasteiger partial charge in [-0.25, -0.2) is 0 Å². The van der Waals surface area contributed by atoms with Crippen molar-refractivity contribution in [3.8, 4) is 17.0 Å². The van der Waals surface area contributed by atoms with Gasteiger partial charge in [-0.3, -0.25) is 9.59 Å². The van der Waals surface area contributed by atoms with E-state index >= 15 is 0 Å². The zero-order valence-corrected chi connectivity index (χ0v) is 19.1. The third-order valence-electron chi connectivity index (χ3n) is 6.04. The van der Waals surface area contributed by atoms with Crippen molar-refractivity contribution >= 4 is 11.8 Å². The number of likely N-dealkylation sites (tertiary alicyclic amines) is 1. The molecule has 1 saturated heterocycles. The summed E-state index contributed by atoms with van der Waals surface area (Å²) in [5, 5.41) is 4.20. The van der Waals surface area contributed by atoms with Crippen LogP contribution in [0.25, 0.3) is 11.3 Å². The molecule has 1 aliphatic rings. The summed E-state index contributed by atoms with van der Waals surface area (Å²) in [6.45, 7) is 0.865. The van der Waals surface area contributed by atoms with Crippen LogP contribution in [0.3, 0.4) is 0 Å². The van der Waals surface area contributed by atoms with E-state index in [2.05, 4.69) is 5.16 Å². The lowest BCUT2D eigenvalue weighted by Crippen LogP contribution is -2.54. The van der Waals surface area contributed by atoms with E-state index in [1.807, 2.05) is 66.7 Å². The molecule has 0 saturated carbocycles. The molecule has 0 unspecified atom stereocenters. The number of carbonyl (C=O) groups excluding carboxylic acids is 2. The SMILES string of the molecule is CN(C)C(=O)[C@]1(Cc2cc(-c3ccccc3)no2)CCCN(C(=O)COc2ccccc2)C1. The van der Waals surface area contributed by atoms with Crippen LogP contribution in [0.4, 0.5) is 0 Å². The van der Waals surface area contributed by atoms with Crippen molar-refractivity contribution < 1.29 is 18.8 Å². The predicted octanol–water partition coefficient (Wildman–Crippen LogP) is 3.66. The van der Waals surface area contributed by atoms with Gasteiger partial charge in [0.15, 0.2) is 6.61 Å². The maximum atomic E-state index is 13.3. The van der Waals surface area contributed by atoms with Crippen LogP contribution >= 0.6 is 0 Å². The fourth-order valence-corrected chi connectivity index (χ4v) is 4.44. The summed E-state index contributed by atoms with van der Waals surface area (Å²) < 4.78 is 11.3. The fourth-order valence-electron chi connectivity index (χ4n) is 4.44. The van der Waals surface area contributed by atoms with E-state index in [-0.39, 0.29) is 18.4 Å². The lowest BCUT2D eigenvalue weighted by Gasteiger charge is -2.42. The highest BCUT2D eigenvalue weighted by atomic mass is 16.5. The fraction of sp³-hybridized carbons (Fsp3) is 0.346. The molecule has 2 aromatic carbocycles. The van der Waals surface area contributed by atoms with E-state index in [9.17, 15) is 9.59 Å². The van der Waals surface area contributed by atoms with E-state index in [1.54, 1.807) is 23.9 Å². The van der Waals surface area contributed by atoms with Crippen LogP contribution in [0.1, 0.15) is 18.6 Å². The number of benzene rings is 2. The number of rotatable bonds is 7. The van der Waals surface area contributed by atoms with Crippen molar-refractivity contribution in [2.45, 2.75) is 19.3 Å². The zero-order valence-electron chi connectivity index (χ0n) is 19.1. The van der Waals surface area contributed by atoms with Crippen LogP contribution in [-0.4, -0.2) is 60.6 Å². The molecule has 172 valence electrons. The topological polar surface area (TPSA) is 75.9 Å². The standard InChI is InChI=1S/C26H29N3O4/c1-28(2)25(31)26(17-22-16-23(27-33-22)20-10-5-3-6-11-20)14-9-15-29(19-26)24(30)18-32-21-12-7-4-8-13-21/h3-8,10-13,16H,9,14-15,17-19H2,1-2H3/t26-/m0/s1. The number of nitrogens with zero attached hydrogens (tertiary/aromatic N) is 3. The van der Waals surface area contributed by atoms with Crippen molar-refractivity contribution in [2.75, 3.05) is 33.8 Å². The van der Waals surface area contributed by atoms with Gasteiger partial charge in [-0.1, -0.05) is 53.7 Å². The molecule has 0 aliphatic carbocycles. The smallest absolute Gasteiger partial charge is 0.260 e. The van der Waals surface area contributed by atoms with Gasteiger partial charge in [-0.05, 0) is 25.0 Å². The second kappa shape index (κ2) is 9.90. The molecule has 0 radical (unpaired) electrons. The molecule has 3 aromatic rings. The Labute approximate surface area is 193 Å². The molecule has 2 heterocycles. The summed E-state index contributed by atoms with van der Waals surface area (Å²) in [5.74, 6) is 1.14. The number of carbonyl (C=O) groups is 2. The molecule has 0 N–H and O–H groups in total. The number of aromatic nitrogens is 1. The first kappa shape index (κ1) is 22.6. The van der Waals surface area contributed by atoms with Gasteiger partial charge in [0, 0.05) is 45.2 Å². The Morgan fingerprint density at radius 1 is 1.09 bits per heavy atom. The van der Waals surface area contributed by atoms with E-state index in [0.29, 0.717) is 37.4 Å². The first-order valence-electron chi connectivity index (χ1n) is 11.2. The van der Waals surface area contributed by atoms with Crippen molar-refractivity contribution in [1.82, 2.24) is 15.0 Å². The molecule has 7 heteroatoms. The minimum absolute atomic E-state index is 0.0124. The van der Waals surface area contributed by atoms with Gasteiger partial charge in [0.1, 0.15) is 17.2 Å². The first-order valence-corrected chi connectivity index (χ1v) is 11.2. The Kier molecular flexibility index (Phi) is 6.77. The molecule has 1 aromatic heterocycles. The van der Waals surface area contributed by atoms with Gasteiger partial charge in [0.25, 0.3) is 5.91 Å². The van der Waals surface area contributed by atoms with Crippen LogP contribution in [-0.2, 0) is 16.0 Å². The largest absolute Gasteiger partial charge is 0.484 e. The van der Waals surface area contributed by atoms with Crippen molar-refractivity contribution in [3.63, 3.8) is 0 Å².